The fourth-order valence-corrected chi connectivity index (χ4v) is 4.65. The minimum atomic E-state index is -0.363. The van der Waals surface area contributed by atoms with E-state index >= 15 is 0 Å². The van der Waals surface area contributed by atoms with Crippen molar-refractivity contribution in [2.75, 3.05) is 0 Å². The first-order chi connectivity index (χ1) is 11.3. The fourth-order valence-electron chi connectivity index (χ4n) is 3.42. The van der Waals surface area contributed by atoms with Crippen LogP contribution in [0.2, 0.25) is 0 Å². The third kappa shape index (κ3) is 3.22. The molecule has 6 nitrogen and oxygen atoms in total. The number of fused-ring (bicyclic) bond motifs is 3. The number of nitrogens with zero attached hydrogens (tertiary/aromatic N) is 3. The first kappa shape index (κ1) is 17.1. The van der Waals surface area contributed by atoms with E-state index in [1.54, 1.807) is 11.3 Å². The van der Waals surface area contributed by atoms with Gasteiger partial charge in [0, 0.05) is 17.8 Å². The Bertz CT molecular complexity index is 831. The number of nitrogens with two attached hydrogens (primary N) is 1. The SMILES string of the molecule is CC(C)(C)C1CCc2c(sc3nnn(CCCC(N)=O)c(=O)c23)C1. The van der Waals surface area contributed by atoms with E-state index in [0.717, 1.165) is 29.5 Å². The van der Waals surface area contributed by atoms with Crippen molar-refractivity contribution in [3.63, 3.8) is 0 Å². The van der Waals surface area contributed by atoms with Gasteiger partial charge in [0.2, 0.25) is 5.91 Å². The Morgan fingerprint density at radius 3 is 2.83 bits per heavy atom. The van der Waals surface area contributed by atoms with Crippen molar-refractivity contribution in [2.24, 2.45) is 17.1 Å². The van der Waals surface area contributed by atoms with Gasteiger partial charge in [0.15, 0.2) is 4.83 Å². The van der Waals surface area contributed by atoms with Gasteiger partial charge in [0.1, 0.15) is 0 Å². The number of hydrogen-bond acceptors (Lipinski definition) is 5. The van der Waals surface area contributed by atoms with E-state index in [9.17, 15) is 9.59 Å². The summed E-state index contributed by atoms with van der Waals surface area (Å²) in [6.07, 6.45) is 3.81. The van der Waals surface area contributed by atoms with Crippen molar-refractivity contribution in [3.05, 3.63) is 20.8 Å². The molecule has 0 spiro atoms. The minimum Gasteiger partial charge on any atom is -0.370 e. The van der Waals surface area contributed by atoms with Crippen LogP contribution in [-0.2, 0) is 24.2 Å². The average Bonchev–Trinajstić information content (AvgIpc) is 2.86. The summed E-state index contributed by atoms with van der Waals surface area (Å²) in [5, 5.41) is 9.01. The van der Waals surface area contributed by atoms with Crippen molar-refractivity contribution in [2.45, 2.75) is 59.4 Å². The first-order valence-electron chi connectivity index (χ1n) is 8.43. The number of aryl methyl sites for hydroxylation is 2. The molecule has 1 atom stereocenters. The van der Waals surface area contributed by atoms with Gasteiger partial charge in [-0.25, -0.2) is 4.68 Å². The highest BCUT2D eigenvalue weighted by Crippen LogP contribution is 2.41. The topological polar surface area (TPSA) is 90.9 Å². The molecule has 1 amide bonds. The Hall–Kier alpha value is -1.76. The van der Waals surface area contributed by atoms with Gasteiger partial charge in [-0.3, -0.25) is 9.59 Å². The second-order valence-corrected chi connectivity index (χ2v) is 8.76. The number of rotatable bonds is 4. The van der Waals surface area contributed by atoms with Gasteiger partial charge in [0.05, 0.1) is 5.39 Å². The van der Waals surface area contributed by atoms with E-state index < -0.39 is 0 Å². The third-order valence-electron chi connectivity index (χ3n) is 4.96. The van der Waals surface area contributed by atoms with Gasteiger partial charge in [-0.2, -0.15) is 0 Å². The number of amides is 1. The Kier molecular flexibility index (Phi) is 4.46. The maximum absolute atomic E-state index is 12.8. The smallest absolute Gasteiger partial charge is 0.278 e. The van der Waals surface area contributed by atoms with Crippen molar-refractivity contribution in [1.29, 1.82) is 0 Å². The molecule has 1 aliphatic rings. The summed E-state index contributed by atoms with van der Waals surface area (Å²) in [6, 6.07) is 0. The van der Waals surface area contributed by atoms with Crippen LogP contribution >= 0.6 is 11.3 Å². The van der Waals surface area contributed by atoms with Crippen LogP contribution in [0.3, 0.4) is 0 Å². The third-order valence-corrected chi connectivity index (χ3v) is 6.09. The van der Waals surface area contributed by atoms with Crippen LogP contribution in [0.4, 0.5) is 0 Å². The minimum absolute atomic E-state index is 0.0869. The molecule has 3 rings (SSSR count). The standard InChI is InChI=1S/C17H24N4O2S/c1-17(2,3)10-6-7-11-12(9-10)24-15-14(11)16(23)21(20-19-15)8-4-5-13(18)22/h10H,4-9H2,1-3H3,(H2,18,22). The molecule has 1 unspecified atom stereocenters. The molecule has 0 bridgehead atoms. The molecule has 24 heavy (non-hydrogen) atoms. The number of hydrogen-bond donors (Lipinski definition) is 1. The lowest BCUT2D eigenvalue weighted by Gasteiger charge is -2.33. The Balaban J connectivity index is 1.93. The zero-order valence-electron chi connectivity index (χ0n) is 14.5. The van der Waals surface area contributed by atoms with Crippen LogP contribution in [0.1, 0.15) is 50.5 Å². The number of primary amides is 1. The number of carbonyl (C=O) groups excluding carboxylic acids is 1. The highest BCUT2D eigenvalue weighted by Gasteiger charge is 2.31. The fraction of sp³-hybridized carbons (Fsp3) is 0.647. The van der Waals surface area contributed by atoms with Gasteiger partial charge in [-0.05, 0) is 42.6 Å². The van der Waals surface area contributed by atoms with E-state index in [0.29, 0.717) is 18.9 Å². The summed E-state index contributed by atoms with van der Waals surface area (Å²) in [4.78, 5) is 25.6. The quantitative estimate of drug-likeness (QED) is 0.917. The lowest BCUT2D eigenvalue weighted by Crippen LogP contribution is -2.28. The van der Waals surface area contributed by atoms with E-state index in [1.165, 1.54) is 15.1 Å². The zero-order valence-corrected chi connectivity index (χ0v) is 15.3. The van der Waals surface area contributed by atoms with Gasteiger partial charge in [0.25, 0.3) is 5.56 Å². The lowest BCUT2D eigenvalue weighted by molar-refractivity contribution is -0.118. The highest BCUT2D eigenvalue weighted by atomic mass is 32.1. The number of thiophene rings is 1. The van der Waals surface area contributed by atoms with E-state index in [1.807, 2.05) is 0 Å². The molecule has 130 valence electrons. The van der Waals surface area contributed by atoms with Crippen LogP contribution in [0, 0.1) is 11.3 Å². The molecule has 0 aromatic carbocycles. The normalized spacial score (nSPS) is 17.9. The van der Waals surface area contributed by atoms with Gasteiger partial charge in [-0.15, -0.1) is 16.4 Å². The van der Waals surface area contributed by atoms with E-state index in [-0.39, 0.29) is 23.3 Å². The zero-order chi connectivity index (χ0) is 17.5. The Morgan fingerprint density at radius 1 is 1.42 bits per heavy atom. The van der Waals surface area contributed by atoms with Crippen molar-refractivity contribution in [3.8, 4) is 0 Å². The summed E-state index contributed by atoms with van der Waals surface area (Å²) in [5.41, 5.74) is 6.50. The van der Waals surface area contributed by atoms with Gasteiger partial charge < -0.3 is 5.73 Å². The molecule has 7 heteroatoms. The molecule has 0 saturated heterocycles. The molecule has 2 N–H and O–H groups in total. The maximum Gasteiger partial charge on any atom is 0.278 e. The van der Waals surface area contributed by atoms with Crippen molar-refractivity contribution < 1.29 is 4.79 Å². The molecular weight excluding hydrogens is 324 g/mol. The monoisotopic (exact) mass is 348 g/mol. The highest BCUT2D eigenvalue weighted by molar-refractivity contribution is 7.18. The molecular formula is C17H24N4O2S. The van der Waals surface area contributed by atoms with Crippen molar-refractivity contribution >= 4 is 27.5 Å². The van der Waals surface area contributed by atoms with Gasteiger partial charge >= 0.3 is 0 Å². The van der Waals surface area contributed by atoms with Crippen molar-refractivity contribution in [1.82, 2.24) is 15.0 Å². The Labute approximate surface area is 145 Å². The first-order valence-corrected chi connectivity index (χ1v) is 9.25. The number of carbonyl (C=O) groups is 1. The average molecular weight is 348 g/mol. The predicted molar refractivity (Wildman–Crippen MR) is 95.1 cm³/mol. The summed E-state index contributed by atoms with van der Waals surface area (Å²) in [7, 11) is 0. The molecule has 2 heterocycles. The lowest BCUT2D eigenvalue weighted by atomic mass is 9.72. The second-order valence-electron chi connectivity index (χ2n) is 7.68. The predicted octanol–water partition coefficient (Wildman–Crippen LogP) is 2.27. The van der Waals surface area contributed by atoms with Crippen LogP contribution in [0.25, 0.3) is 10.2 Å². The summed E-state index contributed by atoms with van der Waals surface area (Å²) >= 11 is 1.61. The maximum atomic E-state index is 12.8. The summed E-state index contributed by atoms with van der Waals surface area (Å²) < 4.78 is 1.37. The summed E-state index contributed by atoms with van der Waals surface area (Å²) in [6.45, 7) is 7.21. The van der Waals surface area contributed by atoms with Gasteiger partial charge in [-0.1, -0.05) is 26.0 Å². The largest absolute Gasteiger partial charge is 0.370 e. The molecule has 0 aliphatic heterocycles. The molecule has 0 fully saturated rings. The van der Waals surface area contributed by atoms with Crippen LogP contribution in [0.5, 0.6) is 0 Å². The van der Waals surface area contributed by atoms with Crippen LogP contribution < -0.4 is 11.3 Å². The van der Waals surface area contributed by atoms with Crippen LogP contribution in [-0.4, -0.2) is 20.9 Å². The molecule has 0 radical (unpaired) electrons. The molecule has 2 aromatic rings. The summed E-state index contributed by atoms with van der Waals surface area (Å²) in [5.74, 6) is 0.266. The van der Waals surface area contributed by atoms with E-state index in [4.69, 9.17) is 5.73 Å². The molecule has 0 saturated carbocycles. The Morgan fingerprint density at radius 2 is 2.17 bits per heavy atom. The van der Waals surface area contributed by atoms with Crippen LogP contribution in [0.15, 0.2) is 4.79 Å². The molecule has 1 aliphatic carbocycles. The van der Waals surface area contributed by atoms with E-state index in [2.05, 4.69) is 31.1 Å². The number of aromatic nitrogens is 3. The second kappa shape index (κ2) is 6.27. The molecule has 2 aromatic heterocycles.